The van der Waals surface area contributed by atoms with Gasteiger partial charge in [-0.1, -0.05) is 34.1 Å². The van der Waals surface area contributed by atoms with Crippen LogP contribution in [0.25, 0.3) is 0 Å². The number of alkyl carbamates (subject to hydrolysis) is 2. The van der Waals surface area contributed by atoms with Gasteiger partial charge in [0.2, 0.25) is 11.8 Å². The van der Waals surface area contributed by atoms with Crippen molar-refractivity contribution in [2.45, 2.75) is 125 Å². The molecule has 0 aliphatic rings. The van der Waals surface area contributed by atoms with Gasteiger partial charge in [-0.15, -0.1) is 0 Å². The quantitative estimate of drug-likeness (QED) is 0.230. The van der Waals surface area contributed by atoms with Crippen LogP contribution in [0.15, 0.2) is 0 Å². The van der Waals surface area contributed by atoms with E-state index >= 15 is 0 Å². The zero-order valence-corrected chi connectivity index (χ0v) is 26.2. The van der Waals surface area contributed by atoms with E-state index in [0.717, 1.165) is 19.3 Å². The van der Waals surface area contributed by atoms with Gasteiger partial charge in [0.05, 0.1) is 0 Å². The van der Waals surface area contributed by atoms with Crippen LogP contribution in [0.2, 0.25) is 0 Å². The molecular weight excluding hydrogens is 500 g/mol. The number of ether oxygens (including phenoxy) is 2. The van der Waals surface area contributed by atoms with Crippen LogP contribution < -0.4 is 16.0 Å². The average molecular weight is 557 g/mol. The third-order valence-electron chi connectivity index (χ3n) is 5.91. The normalized spacial score (nSPS) is 13.3. The fourth-order valence-electron chi connectivity index (χ4n) is 3.84. The number of rotatable bonds is 16. The molecule has 2 unspecified atom stereocenters. The van der Waals surface area contributed by atoms with Crippen molar-refractivity contribution in [2.75, 3.05) is 26.2 Å². The minimum Gasteiger partial charge on any atom is -0.444 e. The molecule has 0 aromatic carbocycles. The van der Waals surface area contributed by atoms with E-state index < -0.39 is 29.4 Å². The van der Waals surface area contributed by atoms with E-state index in [1.165, 1.54) is 0 Å². The van der Waals surface area contributed by atoms with Gasteiger partial charge in [0.15, 0.2) is 0 Å². The van der Waals surface area contributed by atoms with Crippen molar-refractivity contribution in [3.05, 3.63) is 0 Å². The molecule has 228 valence electrons. The van der Waals surface area contributed by atoms with Crippen molar-refractivity contribution in [3.8, 4) is 0 Å². The lowest BCUT2D eigenvalue weighted by Crippen LogP contribution is -2.53. The smallest absolute Gasteiger partial charge is 0.407 e. The molecule has 0 spiro atoms. The minimum absolute atomic E-state index is 0.109. The maximum atomic E-state index is 13.3. The predicted octanol–water partition coefficient (Wildman–Crippen LogP) is 5.00. The van der Waals surface area contributed by atoms with Crippen LogP contribution in [-0.2, 0) is 19.1 Å². The Hall–Kier alpha value is -2.52. The van der Waals surface area contributed by atoms with Gasteiger partial charge in [-0.2, -0.15) is 0 Å². The highest BCUT2D eigenvalue weighted by Crippen LogP contribution is 2.16. The molecule has 3 N–H and O–H groups in total. The molecule has 10 heteroatoms. The molecule has 10 nitrogen and oxygen atoms in total. The Kier molecular flexibility index (Phi) is 16.8. The number of carbonyl (C=O) groups is 4. The number of nitrogens with one attached hydrogen (secondary N) is 3. The number of hydrogen-bond acceptors (Lipinski definition) is 6. The molecule has 2 atom stereocenters. The number of carbonyl (C=O) groups excluding carboxylic acids is 4. The first kappa shape index (κ1) is 36.5. The van der Waals surface area contributed by atoms with E-state index in [-0.39, 0.29) is 30.7 Å². The molecule has 0 rings (SSSR count). The molecule has 0 saturated carbocycles. The van der Waals surface area contributed by atoms with E-state index in [2.05, 4.69) is 29.8 Å². The van der Waals surface area contributed by atoms with Gasteiger partial charge >= 0.3 is 12.2 Å². The lowest BCUT2D eigenvalue weighted by molar-refractivity contribution is -0.142. The summed E-state index contributed by atoms with van der Waals surface area (Å²) in [6.07, 6.45) is 3.01. The molecule has 0 fully saturated rings. The van der Waals surface area contributed by atoms with Crippen molar-refractivity contribution in [3.63, 3.8) is 0 Å². The highest BCUT2D eigenvalue weighted by molar-refractivity contribution is 5.88. The molecule has 0 bridgehead atoms. The van der Waals surface area contributed by atoms with Gasteiger partial charge in [-0.05, 0) is 79.1 Å². The molecule has 0 aromatic heterocycles. The first-order valence-electron chi connectivity index (χ1n) is 14.5. The Balaban J connectivity index is 5.21. The predicted molar refractivity (Wildman–Crippen MR) is 154 cm³/mol. The summed E-state index contributed by atoms with van der Waals surface area (Å²) in [5, 5.41) is 8.40. The van der Waals surface area contributed by atoms with Crippen molar-refractivity contribution >= 4 is 24.0 Å². The van der Waals surface area contributed by atoms with E-state index in [9.17, 15) is 19.2 Å². The number of amides is 4. The van der Waals surface area contributed by atoms with E-state index in [0.29, 0.717) is 38.4 Å². The van der Waals surface area contributed by atoms with Gasteiger partial charge in [0.1, 0.15) is 17.2 Å². The summed E-state index contributed by atoms with van der Waals surface area (Å²) < 4.78 is 10.5. The Morgan fingerprint density at radius 2 is 1.23 bits per heavy atom. The summed E-state index contributed by atoms with van der Waals surface area (Å²) in [6, 6.07) is -0.638. The molecule has 4 amide bonds. The van der Waals surface area contributed by atoms with Gasteiger partial charge in [-0.3, -0.25) is 9.59 Å². The van der Waals surface area contributed by atoms with Gasteiger partial charge in [-0.25, -0.2) is 9.59 Å². The second kappa shape index (κ2) is 17.9. The van der Waals surface area contributed by atoms with Crippen LogP contribution >= 0.6 is 0 Å². The molecule has 0 aliphatic heterocycles. The Morgan fingerprint density at radius 3 is 1.69 bits per heavy atom. The average Bonchev–Trinajstić information content (AvgIpc) is 2.78. The first-order valence-corrected chi connectivity index (χ1v) is 14.5. The van der Waals surface area contributed by atoms with E-state index in [4.69, 9.17) is 9.47 Å². The van der Waals surface area contributed by atoms with Crippen LogP contribution in [0, 0.1) is 11.8 Å². The Labute approximate surface area is 236 Å². The molecule has 0 saturated heterocycles. The van der Waals surface area contributed by atoms with E-state index in [1.807, 2.05) is 13.8 Å². The topological polar surface area (TPSA) is 126 Å². The highest BCUT2D eigenvalue weighted by Gasteiger charge is 2.32. The SMILES string of the molecule is CCC(C)CCCNC(=O)C(C(C)C)N(CCCNC(=O)OC(C)(C)C)C(=O)CCCNC(=O)OC(C)(C)C. The van der Waals surface area contributed by atoms with E-state index in [1.54, 1.807) is 46.4 Å². The lowest BCUT2D eigenvalue weighted by Gasteiger charge is -2.34. The van der Waals surface area contributed by atoms with Crippen LogP contribution in [-0.4, -0.2) is 72.3 Å². The summed E-state index contributed by atoms with van der Waals surface area (Å²) in [5.41, 5.74) is -1.20. The van der Waals surface area contributed by atoms with Crippen molar-refractivity contribution in [2.24, 2.45) is 11.8 Å². The van der Waals surface area contributed by atoms with Crippen molar-refractivity contribution in [1.29, 1.82) is 0 Å². The van der Waals surface area contributed by atoms with Crippen LogP contribution in [0.1, 0.15) is 108 Å². The standard InChI is InChI=1S/C29H56N4O6/c1-11-22(4)15-12-17-30-25(35)24(21(2)3)33(20-14-19-32-27(37)39-29(8,9)10)23(34)16-13-18-31-26(36)38-28(5,6)7/h21-22,24H,11-20H2,1-10H3,(H,30,35)(H,31,36)(H,32,37). The molecule has 0 heterocycles. The zero-order valence-electron chi connectivity index (χ0n) is 26.2. The summed E-state index contributed by atoms with van der Waals surface area (Å²) in [4.78, 5) is 52.1. The van der Waals surface area contributed by atoms with Crippen LogP contribution in [0.5, 0.6) is 0 Å². The maximum Gasteiger partial charge on any atom is 0.407 e. The number of hydrogen-bond donors (Lipinski definition) is 3. The second-order valence-corrected chi connectivity index (χ2v) is 12.5. The maximum absolute atomic E-state index is 13.3. The highest BCUT2D eigenvalue weighted by atomic mass is 16.6. The van der Waals surface area contributed by atoms with Gasteiger partial charge < -0.3 is 30.3 Å². The fraction of sp³-hybridized carbons (Fsp3) is 0.862. The van der Waals surface area contributed by atoms with Gasteiger partial charge in [0.25, 0.3) is 0 Å². The monoisotopic (exact) mass is 556 g/mol. The molecule has 0 radical (unpaired) electrons. The minimum atomic E-state index is -0.638. The third-order valence-corrected chi connectivity index (χ3v) is 5.91. The molecular formula is C29H56N4O6. The van der Waals surface area contributed by atoms with Crippen LogP contribution in [0.4, 0.5) is 9.59 Å². The Bertz CT molecular complexity index is 758. The summed E-state index contributed by atoms with van der Waals surface area (Å²) in [6.45, 7) is 20.4. The Morgan fingerprint density at radius 1 is 0.744 bits per heavy atom. The third kappa shape index (κ3) is 18.4. The second-order valence-electron chi connectivity index (χ2n) is 12.5. The summed E-state index contributed by atoms with van der Waals surface area (Å²) in [7, 11) is 0. The van der Waals surface area contributed by atoms with Crippen molar-refractivity contribution in [1.82, 2.24) is 20.9 Å². The fourth-order valence-corrected chi connectivity index (χ4v) is 3.84. The molecule has 0 aromatic rings. The van der Waals surface area contributed by atoms with Gasteiger partial charge in [0, 0.05) is 32.6 Å². The summed E-state index contributed by atoms with van der Waals surface area (Å²) in [5.74, 6) is 0.149. The molecule has 39 heavy (non-hydrogen) atoms. The summed E-state index contributed by atoms with van der Waals surface area (Å²) >= 11 is 0. The zero-order chi connectivity index (χ0) is 30.2. The molecule has 0 aliphatic carbocycles. The first-order chi connectivity index (χ1) is 18.0. The number of nitrogens with zero attached hydrogens (tertiary/aromatic N) is 1. The van der Waals surface area contributed by atoms with Crippen molar-refractivity contribution < 1.29 is 28.7 Å². The lowest BCUT2D eigenvalue weighted by atomic mass is 9.99. The largest absolute Gasteiger partial charge is 0.444 e. The van der Waals surface area contributed by atoms with Crippen LogP contribution in [0.3, 0.4) is 0 Å².